The summed E-state index contributed by atoms with van der Waals surface area (Å²) < 4.78 is 5.55. The molecule has 2 heterocycles. The van der Waals surface area contributed by atoms with Crippen LogP contribution in [0, 0.1) is 11.8 Å². The maximum Gasteiger partial charge on any atom is 0.408 e. The number of phenolic OH excluding ortho intramolecular Hbond substituents is 1. The summed E-state index contributed by atoms with van der Waals surface area (Å²) in [5.41, 5.74) is -0.138. The Morgan fingerprint density at radius 2 is 1.49 bits per heavy atom. The fourth-order valence-electron chi connectivity index (χ4n) is 8.10. The molecule has 4 amide bonds. The van der Waals surface area contributed by atoms with Gasteiger partial charge < -0.3 is 35.9 Å². The van der Waals surface area contributed by atoms with Crippen LogP contribution in [0.5, 0.6) is 5.75 Å². The van der Waals surface area contributed by atoms with E-state index >= 15 is 0 Å². The second kappa shape index (κ2) is 19.4. The van der Waals surface area contributed by atoms with E-state index in [1.165, 1.54) is 5.06 Å². The zero-order valence-corrected chi connectivity index (χ0v) is 35.5. The van der Waals surface area contributed by atoms with E-state index in [2.05, 4.69) is 29.8 Å². The van der Waals surface area contributed by atoms with Crippen molar-refractivity contribution in [2.24, 2.45) is 11.8 Å². The summed E-state index contributed by atoms with van der Waals surface area (Å²) in [5, 5.41) is 31.2. The Morgan fingerprint density at radius 3 is 2.09 bits per heavy atom. The number of hydroxylamine groups is 2. The number of piperidine rings is 1. The monoisotopic (exact) mass is 790 g/mol. The highest BCUT2D eigenvalue weighted by molar-refractivity contribution is 5.93. The van der Waals surface area contributed by atoms with E-state index in [0.29, 0.717) is 51.0 Å². The third-order valence-corrected chi connectivity index (χ3v) is 10.8. The average Bonchev–Trinajstić information content (AvgIpc) is 3.61. The molecule has 12 nitrogen and oxygen atoms in total. The van der Waals surface area contributed by atoms with E-state index in [1.54, 1.807) is 29.2 Å². The molecule has 2 aromatic rings. The molecule has 2 aromatic carbocycles. The zero-order chi connectivity index (χ0) is 42.1. The van der Waals surface area contributed by atoms with Crippen LogP contribution in [0.3, 0.4) is 0 Å². The van der Waals surface area contributed by atoms with Gasteiger partial charge in [0.05, 0.1) is 12.0 Å². The molecule has 0 aliphatic carbocycles. The van der Waals surface area contributed by atoms with Gasteiger partial charge in [-0.05, 0) is 123 Å². The van der Waals surface area contributed by atoms with Gasteiger partial charge in [-0.25, -0.2) is 4.79 Å². The Balaban J connectivity index is 1.57. The zero-order valence-electron chi connectivity index (χ0n) is 35.5. The van der Waals surface area contributed by atoms with Gasteiger partial charge in [-0.2, -0.15) is 5.06 Å². The average molecular weight is 790 g/mol. The fourth-order valence-corrected chi connectivity index (χ4v) is 8.10. The third kappa shape index (κ3) is 13.6. The molecular formula is C45H67N5O7. The van der Waals surface area contributed by atoms with Crippen molar-refractivity contribution in [1.29, 1.82) is 0 Å². The number of benzene rings is 2. The van der Waals surface area contributed by atoms with Crippen molar-refractivity contribution in [2.75, 3.05) is 6.54 Å². The predicted molar refractivity (Wildman–Crippen MR) is 221 cm³/mol. The van der Waals surface area contributed by atoms with Crippen LogP contribution in [0.4, 0.5) is 4.79 Å². The Kier molecular flexibility index (Phi) is 15.4. The number of rotatable bonds is 15. The Morgan fingerprint density at radius 1 is 0.877 bits per heavy atom. The van der Waals surface area contributed by atoms with Crippen molar-refractivity contribution < 1.29 is 34.2 Å². The van der Waals surface area contributed by atoms with Gasteiger partial charge in [0.2, 0.25) is 17.7 Å². The maximum atomic E-state index is 14.6. The molecule has 4 rings (SSSR count). The molecule has 2 aliphatic heterocycles. The minimum Gasteiger partial charge on any atom is -0.508 e. The van der Waals surface area contributed by atoms with Gasteiger partial charge in [-0.15, -0.1) is 0 Å². The first-order valence-corrected chi connectivity index (χ1v) is 20.5. The van der Waals surface area contributed by atoms with Gasteiger partial charge >= 0.3 is 6.09 Å². The van der Waals surface area contributed by atoms with Crippen molar-refractivity contribution in [2.45, 2.75) is 155 Å². The second-order valence-corrected chi connectivity index (χ2v) is 18.6. The highest BCUT2D eigenvalue weighted by Gasteiger charge is 2.46. The number of phenols is 1. The largest absolute Gasteiger partial charge is 0.508 e. The van der Waals surface area contributed by atoms with Crippen LogP contribution < -0.4 is 16.0 Å². The number of carbonyl (C=O) groups is 4. The number of ether oxygens (including phenoxy) is 1. The number of aromatic hydroxyl groups is 1. The van der Waals surface area contributed by atoms with Crippen molar-refractivity contribution >= 4 is 23.8 Å². The highest BCUT2D eigenvalue weighted by atomic mass is 16.6. The summed E-state index contributed by atoms with van der Waals surface area (Å²) >= 11 is 0. The highest BCUT2D eigenvalue weighted by Crippen LogP contribution is 2.36. The predicted octanol–water partition coefficient (Wildman–Crippen LogP) is 6.68. The summed E-state index contributed by atoms with van der Waals surface area (Å²) in [6.07, 6.45) is 7.37. The minimum absolute atomic E-state index is 0.0927. The van der Waals surface area contributed by atoms with Crippen molar-refractivity contribution in [3.8, 4) is 5.75 Å². The quantitative estimate of drug-likeness (QED) is 0.125. The number of hydrogen-bond donors (Lipinski definition) is 5. The van der Waals surface area contributed by atoms with Crippen LogP contribution in [0.15, 0.2) is 66.7 Å². The Hall–Kier alpha value is -4.42. The minimum atomic E-state index is -0.960. The van der Waals surface area contributed by atoms with Gasteiger partial charge in [0.15, 0.2) is 0 Å². The molecule has 0 aromatic heterocycles. The van der Waals surface area contributed by atoms with E-state index < -0.39 is 46.7 Å². The molecule has 12 heteroatoms. The van der Waals surface area contributed by atoms with Crippen molar-refractivity contribution in [3.63, 3.8) is 0 Å². The van der Waals surface area contributed by atoms with Gasteiger partial charge in [0.1, 0.15) is 23.4 Å². The number of nitrogens with one attached hydrogen (secondary N) is 3. The summed E-state index contributed by atoms with van der Waals surface area (Å²) in [6.45, 7) is 17.8. The standard InChI is InChI=1S/C45H67N5O7/c1-30(2)17-21-34(47-42(55)57-43(3,4)5)22-20-33(26-31-14-11-10-12-15-31)41(54)49-25-13-16-38(49)40(53)48-37(27-32-18-23-36(51)24-19-32)39(52)46-35-28-44(6,7)50(56)45(8,9)29-35/h10-12,14-15,18-20,22-24,30,33-35,37-38,51,56H,13,16-17,21,25-29H2,1-9H3,(H,46,52)(H,47,55)(H,48,53)/b22-20+/t33-,34+,37+,38+/m1/s1. The topological polar surface area (TPSA) is 161 Å². The Labute approximate surface area is 339 Å². The molecule has 0 bridgehead atoms. The lowest BCUT2D eigenvalue weighted by molar-refractivity contribution is -0.246. The van der Waals surface area contributed by atoms with E-state index in [0.717, 1.165) is 17.5 Å². The summed E-state index contributed by atoms with van der Waals surface area (Å²) in [7, 11) is 0. The Bertz CT molecular complexity index is 1670. The van der Waals surface area contributed by atoms with Crippen LogP contribution in [-0.2, 0) is 32.0 Å². The molecule has 4 atom stereocenters. The molecule has 5 N–H and O–H groups in total. The molecule has 314 valence electrons. The summed E-state index contributed by atoms with van der Waals surface area (Å²) in [6, 6.07) is 13.9. The van der Waals surface area contributed by atoms with Gasteiger partial charge in [0.25, 0.3) is 0 Å². The van der Waals surface area contributed by atoms with E-state index in [-0.39, 0.29) is 36.1 Å². The third-order valence-electron chi connectivity index (χ3n) is 10.8. The molecule has 0 saturated carbocycles. The van der Waals surface area contributed by atoms with E-state index in [4.69, 9.17) is 4.74 Å². The van der Waals surface area contributed by atoms with Crippen molar-refractivity contribution in [1.82, 2.24) is 25.9 Å². The van der Waals surface area contributed by atoms with Crippen LogP contribution in [0.25, 0.3) is 0 Å². The first-order valence-electron chi connectivity index (χ1n) is 20.5. The maximum absolute atomic E-state index is 14.6. The smallest absolute Gasteiger partial charge is 0.408 e. The number of nitrogens with zero attached hydrogens (tertiary/aromatic N) is 2. The first kappa shape index (κ1) is 45.3. The fraction of sp³-hybridized carbons (Fsp3) is 0.600. The SMILES string of the molecule is CC(C)CC[C@@H](/C=C/[C@H](Cc1ccccc1)C(=O)N1CCC[C@H]1C(=O)N[C@@H](Cc1ccc(O)cc1)C(=O)NC1CC(C)(C)N(O)C(C)(C)C1)NC(=O)OC(C)(C)C. The molecule has 0 radical (unpaired) electrons. The van der Waals surface area contributed by atoms with Crippen LogP contribution in [-0.4, -0.2) is 91.5 Å². The molecule has 2 fully saturated rings. The van der Waals surface area contributed by atoms with Crippen LogP contribution in [0.2, 0.25) is 0 Å². The number of hydrogen-bond acceptors (Lipinski definition) is 8. The van der Waals surface area contributed by atoms with Crippen LogP contribution in [0.1, 0.15) is 112 Å². The number of carbonyl (C=O) groups excluding carboxylic acids is 4. The van der Waals surface area contributed by atoms with Gasteiger partial charge in [-0.3, -0.25) is 14.4 Å². The molecular weight excluding hydrogens is 723 g/mol. The number of alkyl carbamates (subject to hydrolysis) is 1. The summed E-state index contributed by atoms with van der Waals surface area (Å²) in [4.78, 5) is 57.3. The molecule has 0 spiro atoms. The molecule has 2 saturated heterocycles. The number of likely N-dealkylation sites (tertiary alicyclic amines) is 1. The normalized spacial score (nSPS) is 20.2. The molecule has 2 aliphatic rings. The van der Waals surface area contributed by atoms with E-state index in [1.807, 2.05) is 91.0 Å². The van der Waals surface area contributed by atoms with Crippen molar-refractivity contribution in [3.05, 3.63) is 77.9 Å². The summed E-state index contributed by atoms with van der Waals surface area (Å²) in [5.74, 6) is -1.09. The first-order chi connectivity index (χ1) is 26.6. The molecule has 57 heavy (non-hydrogen) atoms. The van der Waals surface area contributed by atoms with E-state index in [9.17, 15) is 29.5 Å². The second-order valence-electron chi connectivity index (χ2n) is 18.6. The lowest BCUT2D eigenvalue weighted by Gasteiger charge is -2.51. The van der Waals surface area contributed by atoms with Gasteiger partial charge in [-0.1, -0.05) is 68.5 Å². The lowest BCUT2D eigenvalue weighted by Crippen LogP contribution is -2.64. The number of amides is 4. The lowest BCUT2D eigenvalue weighted by atomic mass is 9.79. The van der Waals surface area contributed by atoms with Gasteiger partial charge in [0, 0.05) is 30.1 Å². The molecule has 0 unspecified atom stereocenters. The van der Waals surface area contributed by atoms with Crippen LogP contribution >= 0.6 is 0 Å².